The fourth-order valence-electron chi connectivity index (χ4n) is 6.21. The van der Waals surface area contributed by atoms with Gasteiger partial charge < -0.3 is 25.8 Å². The number of pyridine rings is 1. The van der Waals surface area contributed by atoms with Gasteiger partial charge in [0.15, 0.2) is 0 Å². The molecule has 2 atom stereocenters. The molecule has 7 N–H and O–H groups in total. The summed E-state index contributed by atoms with van der Waals surface area (Å²) in [5.74, 6) is 1.64. The molecule has 5 rings (SSSR count). The Bertz CT molecular complexity index is 1750. The number of aliphatic imine (C=N–C) groups is 1. The van der Waals surface area contributed by atoms with Gasteiger partial charge in [0.2, 0.25) is 5.96 Å². The fraction of sp³-hybridized carbons (Fsp3) is 0.421. The summed E-state index contributed by atoms with van der Waals surface area (Å²) in [4.78, 5) is 20.1. The van der Waals surface area contributed by atoms with Crippen molar-refractivity contribution in [1.82, 2.24) is 20.1 Å². The molecule has 0 unspecified atom stereocenters. The minimum absolute atomic E-state index is 0.191. The number of nitrogens with zero attached hydrogens (tertiary/aromatic N) is 3. The first kappa shape index (κ1) is 35.4. The zero-order valence-electron chi connectivity index (χ0n) is 29.0. The van der Waals surface area contributed by atoms with Gasteiger partial charge in [-0.25, -0.2) is 9.79 Å². The highest BCUT2D eigenvalue weighted by Crippen LogP contribution is 2.38. The number of aliphatic hydroxyl groups is 1. The van der Waals surface area contributed by atoms with Gasteiger partial charge in [0.25, 0.3) is 0 Å². The number of nitrogens with two attached hydrogens (primary N) is 1. The summed E-state index contributed by atoms with van der Waals surface area (Å²) >= 11 is 0. The molecule has 2 aromatic carbocycles. The third-order valence-electron chi connectivity index (χ3n) is 9.30. The molecule has 0 spiro atoms. The van der Waals surface area contributed by atoms with Gasteiger partial charge in [0, 0.05) is 36.9 Å². The van der Waals surface area contributed by atoms with Crippen molar-refractivity contribution in [2.45, 2.75) is 71.9 Å². The Morgan fingerprint density at radius 1 is 1.04 bits per heavy atom. The maximum atomic E-state index is 13.4. The van der Waals surface area contributed by atoms with Crippen LogP contribution in [0.15, 0.2) is 83.6 Å². The number of piperidine rings is 1. The lowest BCUT2D eigenvalue weighted by atomic mass is 9.85. The molecule has 0 radical (unpaired) electrons. The van der Waals surface area contributed by atoms with Crippen LogP contribution in [0.5, 0.6) is 5.75 Å². The van der Waals surface area contributed by atoms with E-state index in [1.807, 2.05) is 81.1 Å². The van der Waals surface area contributed by atoms with E-state index in [9.17, 15) is 9.90 Å². The van der Waals surface area contributed by atoms with Crippen LogP contribution in [0.1, 0.15) is 81.7 Å². The second-order valence-corrected chi connectivity index (χ2v) is 14.0. The molecule has 260 valence electrons. The van der Waals surface area contributed by atoms with Gasteiger partial charge in [0.1, 0.15) is 23.2 Å². The summed E-state index contributed by atoms with van der Waals surface area (Å²) in [5.41, 5.74) is 10.7. The minimum Gasteiger partial charge on any atom is -0.484 e. The average molecular weight is 667 g/mol. The Kier molecular flexibility index (Phi) is 11.2. The van der Waals surface area contributed by atoms with Gasteiger partial charge in [-0.05, 0) is 80.3 Å². The number of amides is 2. The van der Waals surface area contributed by atoms with Crippen LogP contribution in [0.25, 0.3) is 0 Å². The molecule has 2 heterocycles. The van der Waals surface area contributed by atoms with E-state index in [-0.39, 0.29) is 41.6 Å². The van der Waals surface area contributed by atoms with Crippen molar-refractivity contribution < 1.29 is 14.6 Å². The summed E-state index contributed by atoms with van der Waals surface area (Å²) in [5, 5.41) is 32.7. The van der Waals surface area contributed by atoms with Crippen molar-refractivity contribution in [2.24, 2.45) is 22.1 Å². The smallest absolute Gasteiger partial charge is 0.320 e. The van der Waals surface area contributed by atoms with E-state index in [0.717, 1.165) is 49.0 Å². The third-order valence-corrected chi connectivity index (χ3v) is 9.30. The van der Waals surface area contributed by atoms with Crippen LogP contribution in [-0.2, 0) is 0 Å². The number of allylic oxidation sites excluding steroid dienone is 1. The summed E-state index contributed by atoms with van der Waals surface area (Å²) in [7, 11) is 0. The summed E-state index contributed by atoms with van der Waals surface area (Å²) in [6, 6.07) is 18.5. The fourth-order valence-corrected chi connectivity index (χ4v) is 6.21. The SMILES string of the molecule is Cc1ccc(N=C(C=C(N)C(C)(C)C)NC(=O)N[C@H]2CC[C@@H](Oc3ccc(=N)n(C(=N)N4CCC(CCO)CC4)c3)c3ccccc32)cc1. The predicted octanol–water partition coefficient (Wildman–Crippen LogP) is 6.03. The zero-order valence-corrected chi connectivity index (χ0v) is 29.0. The van der Waals surface area contributed by atoms with Gasteiger partial charge in [-0.15, -0.1) is 0 Å². The highest BCUT2D eigenvalue weighted by atomic mass is 16.5. The molecule has 49 heavy (non-hydrogen) atoms. The summed E-state index contributed by atoms with van der Waals surface area (Å²) < 4.78 is 8.07. The monoisotopic (exact) mass is 666 g/mol. The van der Waals surface area contributed by atoms with Crippen LogP contribution in [-0.4, -0.2) is 52.1 Å². The van der Waals surface area contributed by atoms with Crippen molar-refractivity contribution in [3.63, 3.8) is 0 Å². The van der Waals surface area contributed by atoms with Crippen molar-refractivity contribution >= 4 is 23.5 Å². The molecule has 1 saturated heterocycles. The molecule has 0 bridgehead atoms. The Morgan fingerprint density at radius 3 is 2.41 bits per heavy atom. The number of hydrogen-bond donors (Lipinski definition) is 6. The second-order valence-electron chi connectivity index (χ2n) is 14.0. The molecule has 11 heteroatoms. The molecular formula is C38H50N8O3. The first-order valence-corrected chi connectivity index (χ1v) is 17.1. The van der Waals surface area contributed by atoms with Crippen molar-refractivity contribution in [3.8, 4) is 5.75 Å². The second kappa shape index (κ2) is 15.5. The number of ether oxygens (including phenoxy) is 1. The highest BCUT2D eigenvalue weighted by molar-refractivity contribution is 6.05. The number of urea groups is 1. The number of hydrogen-bond acceptors (Lipinski definition) is 7. The van der Waals surface area contributed by atoms with E-state index in [1.54, 1.807) is 29.0 Å². The molecule has 1 aliphatic carbocycles. The third kappa shape index (κ3) is 9.17. The first-order valence-electron chi connectivity index (χ1n) is 17.1. The summed E-state index contributed by atoms with van der Waals surface area (Å²) in [6.45, 7) is 9.67. The van der Waals surface area contributed by atoms with Crippen molar-refractivity contribution in [1.29, 1.82) is 10.8 Å². The Balaban J connectivity index is 1.29. The van der Waals surface area contributed by atoms with Crippen LogP contribution in [0.4, 0.5) is 10.5 Å². The van der Waals surface area contributed by atoms with E-state index in [2.05, 4.69) is 15.6 Å². The largest absolute Gasteiger partial charge is 0.484 e. The predicted molar refractivity (Wildman–Crippen MR) is 193 cm³/mol. The van der Waals surface area contributed by atoms with Gasteiger partial charge in [-0.3, -0.25) is 20.7 Å². The molecular weight excluding hydrogens is 616 g/mol. The minimum atomic E-state index is -0.381. The molecule has 1 fully saturated rings. The van der Waals surface area contributed by atoms with Gasteiger partial charge >= 0.3 is 6.03 Å². The molecule has 11 nitrogen and oxygen atoms in total. The first-order chi connectivity index (χ1) is 23.4. The van der Waals surface area contributed by atoms with E-state index in [1.165, 1.54) is 0 Å². The van der Waals surface area contributed by atoms with Gasteiger partial charge in [0.05, 0.1) is 17.9 Å². The number of rotatable bonds is 7. The normalized spacial score (nSPS) is 18.8. The number of aliphatic hydroxyl groups excluding tert-OH is 1. The Morgan fingerprint density at radius 2 is 1.73 bits per heavy atom. The number of aromatic nitrogens is 1. The molecule has 2 aliphatic rings. The quantitative estimate of drug-likeness (QED) is 0.134. The topological polar surface area (TPSA) is 165 Å². The molecule has 3 aromatic rings. The maximum Gasteiger partial charge on any atom is 0.320 e. The van der Waals surface area contributed by atoms with Crippen molar-refractivity contribution in [2.75, 3.05) is 19.7 Å². The van der Waals surface area contributed by atoms with E-state index in [0.29, 0.717) is 41.7 Å². The van der Waals surface area contributed by atoms with Crippen LogP contribution in [0.2, 0.25) is 0 Å². The van der Waals surface area contributed by atoms with Crippen LogP contribution < -0.4 is 26.6 Å². The van der Waals surface area contributed by atoms with Gasteiger partial charge in [-0.2, -0.15) is 0 Å². The van der Waals surface area contributed by atoms with E-state index in [4.69, 9.17) is 21.3 Å². The van der Waals surface area contributed by atoms with E-state index < -0.39 is 0 Å². The highest BCUT2D eigenvalue weighted by Gasteiger charge is 2.30. The summed E-state index contributed by atoms with van der Waals surface area (Å²) in [6.07, 6.45) is 7.10. The number of aryl methyl sites for hydroxylation is 1. The van der Waals surface area contributed by atoms with E-state index >= 15 is 0 Å². The average Bonchev–Trinajstić information content (AvgIpc) is 3.07. The lowest BCUT2D eigenvalue weighted by Crippen LogP contribution is -2.44. The van der Waals surface area contributed by atoms with Crippen molar-refractivity contribution in [3.05, 3.63) is 101 Å². The molecule has 2 amide bonds. The molecule has 1 aromatic heterocycles. The lowest BCUT2D eigenvalue weighted by molar-refractivity contribution is 0.170. The number of carbonyl (C=O) groups is 1. The number of fused-ring (bicyclic) bond motifs is 1. The number of nitrogens with one attached hydrogen (secondary N) is 4. The maximum absolute atomic E-state index is 13.4. The number of benzene rings is 2. The van der Waals surface area contributed by atoms with Crippen LogP contribution in [0, 0.1) is 29.1 Å². The van der Waals surface area contributed by atoms with Crippen LogP contribution >= 0.6 is 0 Å². The Labute approximate surface area is 288 Å². The lowest BCUT2D eigenvalue weighted by Gasteiger charge is -2.34. The number of likely N-dealkylation sites (tertiary alicyclic amines) is 1. The Hall–Kier alpha value is -4.90. The number of carbonyl (C=O) groups excluding carboxylic acids is 1. The standard InChI is InChI=1S/C38H50N8O3/c1-25-9-11-27(12-10-25)42-35(23-33(39)38(2,3)4)44-37(48)43-31-14-15-32(30-8-6-5-7-29(30)31)49-28-13-16-34(40)46(24-28)36(41)45-20-17-26(18-21-45)19-22-47/h5-13,16,23-24,26,31-32,40-41,47H,14-15,17-22,39H2,1-4H3,(H2,42,43,44,48)/t31-,32+/m0/s1. The molecule has 0 saturated carbocycles. The zero-order chi connectivity index (χ0) is 35.1. The molecule has 1 aliphatic heterocycles. The van der Waals surface area contributed by atoms with Crippen LogP contribution in [0.3, 0.4) is 0 Å². The van der Waals surface area contributed by atoms with Gasteiger partial charge in [-0.1, -0.05) is 62.7 Å². The number of amidine groups is 1.